The quantitative estimate of drug-likeness (QED) is 0.537. The molecule has 0 saturated heterocycles. The van der Waals surface area contributed by atoms with Crippen molar-refractivity contribution in [2.75, 3.05) is 6.61 Å². The number of imidazole rings is 1. The summed E-state index contributed by atoms with van der Waals surface area (Å²) in [5.74, 6) is -0.769. The van der Waals surface area contributed by atoms with Gasteiger partial charge in [0.2, 0.25) is 0 Å². The number of esters is 1. The number of Topliss-reactive ketones (excluding diaryl/α,β-unsaturated/α-hetero) is 1. The van der Waals surface area contributed by atoms with Crippen molar-refractivity contribution in [2.45, 2.75) is 27.7 Å². The van der Waals surface area contributed by atoms with Crippen LogP contribution in [-0.2, 0) is 4.74 Å². The molecule has 5 nitrogen and oxygen atoms in total. The van der Waals surface area contributed by atoms with E-state index in [4.69, 9.17) is 4.74 Å². The number of carbonyl (C=O) groups is 2. The van der Waals surface area contributed by atoms with Crippen molar-refractivity contribution >= 4 is 49.3 Å². The molecule has 2 aromatic heterocycles. The van der Waals surface area contributed by atoms with E-state index < -0.39 is 11.4 Å². The lowest BCUT2D eigenvalue weighted by Crippen LogP contribution is -2.24. The van der Waals surface area contributed by atoms with Gasteiger partial charge in [-0.25, -0.2) is 9.78 Å². The molecule has 0 unspecified atom stereocenters. The molecule has 0 N–H and O–H groups in total. The van der Waals surface area contributed by atoms with Gasteiger partial charge in [-0.2, -0.15) is 0 Å². The second kappa shape index (κ2) is 6.12. The minimum atomic E-state index is -0.647. The number of ketones is 1. The fourth-order valence-corrected chi connectivity index (χ4v) is 3.25. The van der Waals surface area contributed by atoms with Gasteiger partial charge in [-0.15, -0.1) is 0 Å². The van der Waals surface area contributed by atoms with Crippen LogP contribution in [0.4, 0.5) is 0 Å². The Morgan fingerprint density at radius 2 is 1.95 bits per heavy atom. The maximum Gasteiger partial charge on any atom is 0.359 e. The molecule has 0 aliphatic carbocycles. The number of pyridine rings is 1. The number of hydrogen-bond acceptors (Lipinski definition) is 4. The van der Waals surface area contributed by atoms with Gasteiger partial charge in [0.05, 0.1) is 11.1 Å². The Morgan fingerprint density at radius 1 is 1.32 bits per heavy atom. The summed E-state index contributed by atoms with van der Waals surface area (Å²) in [6.45, 7) is 7.34. The van der Waals surface area contributed by atoms with E-state index in [1.165, 1.54) is 0 Å². The van der Waals surface area contributed by atoms with Gasteiger partial charge in [-0.05, 0) is 44.8 Å². The lowest BCUT2D eigenvalue weighted by Gasteiger charge is -2.17. The van der Waals surface area contributed by atoms with Crippen molar-refractivity contribution < 1.29 is 14.3 Å². The molecule has 0 aliphatic heterocycles. The first-order valence-corrected chi connectivity index (χ1v) is 8.34. The number of aromatic nitrogens is 2. The molecule has 7 heteroatoms. The van der Waals surface area contributed by atoms with E-state index in [0.29, 0.717) is 10.1 Å². The number of carbonyl (C=O) groups excluding carboxylic acids is 2. The lowest BCUT2D eigenvalue weighted by atomic mass is 9.88. The van der Waals surface area contributed by atoms with Crippen molar-refractivity contribution in [1.82, 2.24) is 9.38 Å². The molecular formula is C15H16Br2N2O3. The second-order valence-electron chi connectivity index (χ2n) is 5.81. The summed E-state index contributed by atoms with van der Waals surface area (Å²) in [6, 6.07) is 1.81. The van der Waals surface area contributed by atoms with Gasteiger partial charge in [0, 0.05) is 16.1 Å². The average molecular weight is 432 g/mol. The molecule has 2 aromatic rings. The average Bonchev–Trinajstić information content (AvgIpc) is 2.76. The number of halogens is 2. The topological polar surface area (TPSA) is 60.7 Å². The van der Waals surface area contributed by atoms with Gasteiger partial charge in [0.1, 0.15) is 5.69 Å². The van der Waals surface area contributed by atoms with Crippen LogP contribution in [0, 0.1) is 5.41 Å². The standard InChI is InChI=1S/C15H16Br2N2O3/c1-5-22-14(21)10-11(12(20)15(2,3)4)19-7-8(16)6-9(17)13(19)18-10/h6-7H,5H2,1-4H3. The second-order valence-corrected chi connectivity index (χ2v) is 7.58. The Hall–Kier alpha value is -1.21. The molecule has 0 fully saturated rings. The van der Waals surface area contributed by atoms with E-state index in [2.05, 4.69) is 36.8 Å². The zero-order valence-electron chi connectivity index (χ0n) is 12.7. The van der Waals surface area contributed by atoms with Gasteiger partial charge < -0.3 is 4.74 Å². The highest BCUT2D eigenvalue weighted by Crippen LogP contribution is 2.29. The minimum Gasteiger partial charge on any atom is -0.461 e. The summed E-state index contributed by atoms with van der Waals surface area (Å²) in [5, 5.41) is 0. The Morgan fingerprint density at radius 3 is 2.50 bits per heavy atom. The highest BCUT2D eigenvalue weighted by Gasteiger charge is 2.32. The van der Waals surface area contributed by atoms with E-state index in [-0.39, 0.29) is 23.8 Å². The van der Waals surface area contributed by atoms with E-state index in [0.717, 1.165) is 4.47 Å². The van der Waals surface area contributed by atoms with Crippen molar-refractivity contribution in [3.05, 3.63) is 32.6 Å². The van der Waals surface area contributed by atoms with Crippen LogP contribution < -0.4 is 0 Å². The van der Waals surface area contributed by atoms with E-state index in [1.54, 1.807) is 38.3 Å². The molecule has 0 aliphatic rings. The number of fused-ring (bicyclic) bond motifs is 1. The zero-order valence-corrected chi connectivity index (χ0v) is 15.9. The molecule has 0 saturated carbocycles. The fourth-order valence-electron chi connectivity index (χ4n) is 1.99. The van der Waals surface area contributed by atoms with Crippen LogP contribution in [0.2, 0.25) is 0 Å². The maximum atomic E-state index is 12.8. The fraction of sp³-hybridized carbons (Fsp3) is 0.400. The van der Waals surface area contributed by atoms with Crippen LogP contribution in [0.1, 0.15) is 48.7 Å². The lowest BCUT2D eigenvalue weighted by molar-refractivity contribution is 0.0515. The van der Waals surface area contributed by atoms with Gasteiger partial charge in [0.15, 0.2) is 17.1 Å². The number of hydrogen-bond donors (Lipinski definition) is 0. The highest BCUT2D eigenvalue weighted by atomic mass is 79.9. The predicted molar refractivity (Wildman–Crippen MR) is 90.3 cm³/mol. The largest absolute Gasteiger partial charge is 0.461 e. The monoisotopic (exact) mass is 430 g/mol. The third kappa shape index (κ3) is 3.10. The molecule has 0 bridgehead atoms. The molecule has 0 atom stereocenters. The third-order valence-electron chi connectivity index (χ3n) is 3.01. The SMILES string of the molecule is CCOC(=O)c1nc2c(Br)cc(Br)cn2c1C(=O)C(C)(C)C. The molecule has 118 valence electrons. The first-order chi connectivity index (χ1) is 10.2. The predicted octanol–water partition coefficient (Wildman–Crippen LogP) is 4.26. The first-order valence-electron chi connectivity index (χ1n) is 6.75. The van der Waals surface area contributed by atoms with Gasteiger partial charge in [-0.1, -0.05) is 20.8 Å². The Kier molecular flexibility index (Phi) is 4.77. The molecule has 22 heavy (non-hydrogen) atoms. The van der Waals surface area contributed by atoms with E-state index in [1.807, 2.05) is 6.07 Å². The summed E-state index contributed by atoms with van der Waals surface area (Å²) < 4.78 is 8.10. The van der Waals surface area contributed by atoms with Gasteiger partial charge >= 0.3 is 5.97 Å². The molecule has 0 spiro atoms. The van der Waals surface area contributed by atoms with Crippen molar-refractivity contribution in [3.8, 4) is 0 Å². The van der Waals surface area contributed by atoms with E-state index in [9.17, 15) is 9.59 Å². The van der Waals surface area contributed by atoms with Crippen molar-refractivity contribution in [1.29, 1.82) is 0 Å². The Labute approximate surface area is 145 Å². The first kappa shape index (κ1) is 17.1. The molecular weight excluding hydrogens is 416 g/mol. The maximum absolute atomic E-state index is 12.8. The number of nitrogens with zero attached hydrogens (tertiary/aromatic N) is 2. The summed E-state index contributed by atoms with van der Waals surface area (Å²) in [7, 11) is 0. The molecule has 2 heterocycles. The van der Waals surface area contributed by atoms with Crippen LogP contribution in [0.3, 0.4) is 0 Å². The van der Waals surface area contributed by atoms with Crippen LogP contribution in [0.5, 0.6) is 0 Å². The smallest absolute Gasteiger partial charge is 0.359 e. The number of rotatable bonds is 3. The van der Waals surface area contributed by atoms with Crippen LogP contribution in [0.25, 0.3) is 5.65 Å². The van der Waals surface area contributed by atoms with Crippen LogP contribution in [-0.4, -0.2) is 27.7 Å². The van der Waals surface area contributed by atoms with Crippen molar-refractivity contribution in [3.63, 3.8) is 0 Å². The normalized spacial score (nSPS) is 11.7. The molecule has 0 aromatic carbocycles. The summed E-state index contributed by atoms with van der Waals surface area (Å²) in [4.78, 5) is 29.3. The van der Waals surface area contributed by atoms with Crippen LogP contribution >= 0.6 is 31.9 Å². The molecule has 0 radical (unpaired) electrons. The van der Waals surface area contributed by atoms with Gasteiger partial charge in [-0.3, -0.25) is 9.20 Å². The third-order valence-corrected chi connectivity index (χ3v) is 4.02. The summed E-state index contributed by atoms with van der Waals surface area (Å²) in [5.41, 5.74) is 0.133. The van der Waals surface area contributed by atoms with Gasteiger partial charge in [0.25, 0.3) is 0 Å². The molecule has 2 rings (SSSR count). The minimum absolute atomic E-state index is 0.0422. The Balaban J connectivity index is 2.81. The van der Waals surface area contributed by atoms with E-state index >= 15 is 0 Å². The summed E-state index contributed by atoms with van der Waals surface area (Å²) in [6.07, 6.45) is 1.72. The Bertz CT molecular complexity index is 760. The zero-order chi connectivity index (χ0) is 16.7. The highest BCUT2D eigenvalue weighted by molar-refractivity contribution is 9.11. The van der Waals surface area contributed by atoms with Crippen LogP contribution in [0.15, 0.2) is 21.2 Å². The van der Waals surface area contributed by atoms with Crippen molar-refractivity contribution in [2.24, 2.45) is 5.41 Å². The summed E-state index contributed by atoms with van der Waals surface area (Å²) >= 11 is 6.79. The molecule has 0 amide bonds. The number of ether oxygens (including phenoxy) is 1.